The maximum Gasteiger partial charge on any atom is 0.231 e. The Hall–Kier alpha value is -1.26. The second-order valence-corrected chi connectivity index (χ2v) is 5.46. The van der Waals surface area contributed by atoms with Crippen LogP contribution in [0.15, 0.2) is 12.1 Å². The summed E-state index contributed by atoms with van der Waals surface area (Å²) in [5.41, 5.74) is 8.56. The largest absolute Gasteiger partial charge is 0.454 e. The highest BCUT2D eigenvalue weighted by Gasteiger charge is 2.40. The molecule has 0 saturated heterocycles. The average Bonchev–Trinajstić information content (AvgIpc) is 3.08. The molecule has 104 valence electrons. The molecule has 2 N–H and O–H groups in total. The average molecular weight is 263 g/mol. The van der Waals surface area contributed by atoms with Crippen molar-refractivity contribution in [3.8, 4) is 11.5 Å². The molecule has 4 nitrogen and oxygen atoms in total. The Kier molecular flexibility index (Phi) is 3.37. The first-order valence-corrected chi connectivity index (χ1v) is 6.92. The second-order valence-electron chi connectivity index (χ2n) is 5.46. The van der Waals surface area contributed by atoms with Gasteiger partial charge < -0.3 is 19.9 Å². The first kappa shape index (κ1) is 12.8. The molecule has 0 radical (unpaired) electrons. The third kappa shape index (κ3) is 1.99. The lowest BCUT2D eigenvalue weighted by molar-refractivity contribution is 0.169. The van der Waals surface area contributed by atoms with Crippen molar-refractivity contribution in [2.24, 2.45) is 5.73 Å². The Morgan fingerprint density at radius 3 is 2.74 bits per heavy atom. The Morgan fingerprint density at radius 1 is 1.26 bits per heavy atom. The molecule has 1 saturated carbocycles. The van der Waals surface area contributed by atoms with Crippen molar-refractivity contribution in [1.82, 2.24) is 0 Å². The SMILES string of the molecule is COCc1ccc2c(c1C1(CN)CCCC1)OCO2. The second kappa shape index (κ2) is 5.02. The van der Waals surface area contributed by atoms with Crippen LogP contribution in [0.1, 0.15) is 36.8 Å². The van der Waals surface area contributed by atoms with E-state index in [0.29, 0.717) is 19.9 Å². The number of nitrogens with two attached hydrogens (primary N) is 1. The molecule has 1 fully saturated rings. The van der Waals surface area contributed by atoms with Crippen LogP contribution in [0.2, 0.25) is 0 Å². The normalized spacial score (nSPS) is 19.9. The monoisotopic (exact) mass is 263 g/mol. The summed E-state index contributed by atoms with van der Waals surface area (Å²) in [4.78, 5) is 0. The minimum atomic E-state index is 0.0346. The lowest BCUT2D eigenvalue weighted by atomic mass is 9.76. The van der Waals surface area contributed by atoms with Gasteiger partial charge in [0.1, 0.15) is 0 Å². The molecular weight excluding hydrogens is 242 g/mol. The van der Waals surface area contributed by atoms with Gasteiger partial charge in [0.2, 0.25) is 6.79 Å². The third-order valence-electron chi connectivity index (χ3n) is 4.41. The standard InChI is InChI=1S/C15H21NO3/c1-17-8-11-4-5-12-14(19-10-18-12)13(11)15(9-16)6-2-3-7-15/h4-5H,2-3,6-10,16H2,1H3. The van der Waals surface area contributed by atoms with Crippen LogP contribution in [0.3, 0.4) is 0 Å². The molecular formula is C15H21NO3. The highest BCUT2D eigenvalue weighted by atomic mass is 16.7. The van der Waals surface area contributed by atoms with Crippen LogP contribution in [0, 0.1) is 0 Å². The van der Waals surface area contributed by atoms with Gasteiger partial charge in [-0.25, -0.2) is 0 Å². The quantitative estimate of drug-likeness (QED) is 0.906. The van der Waals surface area contributed by atoms with Gasteiger partial charge in [-0.2, -0.15) is 0 Å². The van der Waals surface area contributed by atoms with E-state index in [-0.39, 0.29) is 5.41 Å². The fourth-order valence-electron chi connectivity index (χ4n) is 3.48. The van der Waals surface area contributed by atoms with Gasteiger partial charge >= 0.3 is 0 Å². The predicted molar refractivity (Wildman–Crippen MR) is 72.5 cm³/mol. The zero-order valence-electron chi connectivity index (χ0n) is 11.4. The van der Waals surface area contributed by atoms with Gasteiger partial charge in [-0.05, 0) is 24.5 Å². The summed E-state index contributed by atoms with van der Waals surface area (Å²) in [6.07, 6.45) is 4.71. The first-order chi connectivity index (χ1) is 9.30. The number of rotatable bonds is 4. The molecule has 0 amide bonds. The molecule has 1 aliphatic heterocycles. The molecule has 0 aromatic heterocycles. The van der Waals surface area contributed by atoms with Crippen molar-refractivity contribution in [3.05, 3.63) is 23.3 Å². The fraction of sp³-hybridized carbons (Fsp3) is 0.600. The number of benzene rings is 1. The number of ether oxygens (including phenoxy) is 3. The zero-order chi connectivity index (χ0) is 13.3. The van der Waals surface area contributed by atoms with E-state index in [1.54, 1.807) is 7.11 Å². The van der Waals surface area contributed by atoms with Crippen molar-refractivity contribution in [1.29, 1.82) is 0 Å². The number of hydrogen-bond acceptors (Lipinski definition) is 4. The summed E-state index contributed by atoms with van der Waals surface area (Å²) in [5, 5.41) is 0. The minimum absolute atomic E-state index is 0.0346. The van der Waals surface area contributed by atoms with Gasteiger partial charge in [0.25, 0.3) is 0 Å². The highest BCUT2D eigenvalue weighted by Crippen LogP contribution is 2.50. The van der Waals surface area contributed by atoms with E-state index < -0.39 is 0 Å². The molecule has 0 spiro atoms. The van der Waals surface area contributed by atoms with Gasteiger partial charge in [-0.1, -0.05) is 18.9 Å². The summed E-state index contributed by atoms with van der Waals surface area (Å²) in [7, 11) is 1.72. The summed E-state index contributed by atoms with van der Waals surface area (Å²) in [5.74, 6) is 1.73. The zero-order valence-corrected chi connectivity index (χ0v) is 11.4. The van der Waals surface area contributed by atoms with Crippen molar-refractivity contribution in [2.45, 2.75) is 37.7 Å². The molecule has 1 aromatic rings. The van der Waals surface area contributed by atoms with E-state index in [0.717, 1.165) is 24.3 Å². The fourth-order valence-corrected chi connectivity index (χ4v) is 3.48. The topological polar surface area (TPSA) is 53.7 Å². The third-order valence-corrected chi connectivity index (χ3v) is 4.41. The summed E-state index contributed by atoms with van der Waals surface area (Å²) >= 11 is 0. The van der Waals surface area contributed by atoms with Crippen molar-refractivity contribution in [3.63, 3.8) is 0 Å². The Morgan fingerprint density at radius 2 is 2.05 bits per heavy atom. The number of hydrogen-bond donors (Lipinski definition) is 1. The van der Waals surface area contributed by atoms with Crippen LogP contribution in [-0.2, 0) is 16.8 Å². The van der Waals surface area contributed by atoms with Crippen molar-refractivity contribution < 1.29 is 14.2 Å². The molecule has 0 atom stereocenters. The van der Waals surface area contributed by atoms with Crippen LogP contribution in [0.5, 0.6) is 11.5 Å². The molecule has 1 aliphatic carbocycles. The van der Waals surface area contributed by atoms with Gasteiger partial charge in [-0.15, -0.1) is 0 Å². The van der Waals surface area contributed by atoms with Crippen LogP contribution in [0.4, 0.5) is 0 Å². The summed E-state index contributed by atoms with van der Waals surface area (Å²) in [6, 6.07) is 4.06. The highest BCUT2D eigenvalue weighted by molar-refractivity contribution is 5.56. The molecule has 0 unspecified atom stereocenters. The van der Waals surface area contributed by atoms with E-state index >= 15 is 0 Å². The van der Waals surface area contributed by atoms with Gasteiger partial charge in [-0.3, -0.25) is 0 Å². The van der Waals surface area contributed by atoms with Gasteiger partial charge in [0, 0.05) is 24.6 Å². The maximum atomic E-state index is 6.12. The lowest BCUT2D eigenvalue weighted by Crippen LogP contribution is -2.33. The lowest BCUT2D eigenvalue weighted by Gasteiger charge is -2.31. The Bertz CT molecular complexity index is 467. The molecule has 2 aliphatic rings. The Labute approximate surface area is 113 Å². The molecule has 19 heavy (non-hydrogen) atoms. The van der Waals surface area contributed by atoms with Crippen molar-refractivity contribution in [2.75, 3.05) is 20.4 Å². The van der Waals surface area contributed by atoms with Crippen molar-refractivity contribution >= 4 is 0 Å². The maximum absolute atomic E-state index is 6.12. The molecule has 1 aromatic carbocycles. The summed E-state index contributed by atoms with van der Waals surface area (Å²) in [6.45, 7) is 1.55. The van der Waals surface area contributed by atoms with Crippen LogP contribution in [0.25, 0.3) is 0 Å². The summed E-state index contributed by atoms with van der Waals surface area (Å²) < 4.78 is 16.6. The van der Waals surface area contributed by atoms with Gasteiger partial charge in [0.15, 0.2) is 11.5 Å². The molecule has 0 bridgehead atoms. The van der Waals surface area contributed by atoms with E-state index in [4.69, 9.17) is 19.9 Å². The number of methoxy groups -OCH3 is 1. The predicted octanol–water partition coefficient (Wildman–Crippen LogP) is 2.33. The molecule has 3 rings (SSSR count). The minimum Gasteiger partial charge on any atom is -0.454 e. The number of fused-ring (bicyclic) bond motifs is 1. The van der Waals surface area contributed by atoms with E-state index in [1.807, 2.05) is 6.07 Å². The van der Waals surface area contributed by atoms with Crippen LogP contribution in [-0.4, -0.2) is 20.4 Å². The van der Waals surface area contributed by atoms with Gasteiger partial charge in [0.05, 0.1) is 6.61 Å². The molecule has 1 heterocycles. The Balaban J connectivity index is 2.13. The van der Waals surface area contributed by atoms with E-state index in [2.05, 4.69) is 6.07 Å². The first-order valence-electron chi connectivity index (χ1n) is 6.92. The van der Waals surface area contributed by atoms with E-state index in [1.165, 1.54) is 24.0 Å². The molecule has 4 heteroatoms. The van der Waals surface area contributed by atoms with Crippen LogP contribution < -0.4 is 15.2 Å². The van der Waals surface area contributed by atoms with E-state index in [9.17, 15) is 0 Å². The smallest absolute Gasteiger partial charge is 0.231 e. The van der Waals surface area contributed by atoms with Crippen LogP contribution >= 0.6 is 0 Å².